The highest BCUT2D eigenvalue weighted by molar-refractivity contribution is 9.10. The van der Waals surface area contributed by atoms with Crippen LogP contribution in [0.25, 0.3) is 0 Å². The SMILES string of the molecule is Nc1cc(S(=O)(=O)N[C@H]2CCCC[C@@H]2O)ccc1Br. The van der Waals surface area contributed by atoms with Gasteiger partial charge in [0.25, 0.3) is 0 Å². The molecule has 1 aromatic carbocycles. The van der Waals surface area contributed by atoms with E-state index in [1.807, 2.05) is 0 Å². The molecule has 0 unspecified atom stereocenters. The summed E-state index contributed by atoms with van der Waals surface area (Å²) < 4.78 is 27.6. The van der Waals surface area contributed by atoms with E-state index in [1.165, 1.54) is 12.1 Å². The van der Waals surface area contributed by atoms with Gasteiger partial charge in [-0.15, -0.1) is 0 Å². The highest BCUT2D eigenvalue weighted by Gasteiger charge is 2.28. The number of hydrogen-bond acceptors (Lipinski definition) is 4. The fourth-order valence-corrected chi connectivity index (χ4v) is 3.79. The minimum Gasteiger partial charge on any atom is -0.398 e. The van der Waals surface area contributed by atoms with Crippen LogP contribution in [0, 0.1) is 0 Å². The van der Waals surface area contributed by atoms with Crippen molar-refractivity contribution in [3.05, 3.63) is 22.7 Å². The van der Waals surface area contributed by atoms with E-state index in [2.05, 4.69) is 20.7 Å². The molecule has 0 bridgehead atoms. The van der Waals surface area contributed by atoms with E-state index in [9.17, 15) is 13.5 Å². The third kappa shape index (κ3) is 3.47. The lowest BCUT2D eigenvalue weighted by Crippen LogP contribution is -2.44. The number of anilines is 1. The van der Waals surface area contributed by atoms with Gasteiger partial charge >= 0.3 is 0 Å². The lowest BCUT2D eigenvalue weighted by Gasteiger charge is -2.28. The van der Waals surface area contributed by atoms with Gasteiger partial charge in [0.2, 0.25) is 10.0 Å². The summed E-state index contributed by atoms with van der Waals surface area (Å²) in [6.07, 6.45) is 2.54. The van der Waals surface area contributed by atoms with Gasteiger partial charge in [-0.3, -0.25) is 0 Å². The van der Waals surface area contributed by atoms with Crippen LogP contribution in [-0.2, 0) is 10.0 Å². The summed E-state index contributed by atoms with van der Waals surface area (Å²) in [5, 5.41) is 9.82. The van der Waals surface area contributed by atoms with Crippen molar-refractivity contribution in [3.63, 3.8) is 0 Å². The molecule has 106 valence electrons. The number of nitrogen functional groups attached to an aromatic ring is 1. The van der Waals surface area contributed by atoms with E-state index in [1.54, 1.807) is 6.07 Å². The second-order valence-corrected chi connectivity index (χ2v) is 7.33. The van der Waals surface area contributed by atoms with Crippen LogP contribution in [0.4, 0.5) is 5.69 Å². The van der Waals surface area contributed by atoms with Crippen molar-refractivity contribution in [2.24, 2.45) is 0 Å². The average Bonchev–Trinajstić information content (AvgIpc) is 2.35. The quantitative estimate of drug-likeness (QED) is 0.723. The minimum atomic E-state index is -3.64. The number of rotatable bonds is 3. The zero-order chi connectivity index (χ0) is 14.0. The summed E-state index contributed by atoms with van der Waals surface area (Å²) in [6.45, 7) is 0. The Labute approximate surface area is 121 Å². The first kappa shape index (κ1) is 14.8. The molecule has 2 rings (SSSR count). The van der Waals surface area contributed by atoms with Crippen molar-refractivity contribution < 1.29 is 13.5 Å². The Hall–Kier alpha value is -0.630. The fourth-order valence-electron chi connectivity index (χ4n) is 2.21. The van der Waals surface area contributed by atoms with E-state index in [0.717, 1.165) is 12.8 Å². The first-order chi connectivity index (χ1) is 8.90. The van der Waals surface area contributed by atoms with Gasteiger partial charge in [0.15, 0.2) is 0 Å². The van der Waals surface area contributed by atoms with Gasteiger partial charge in [-0.1, -0.05) is 12.8 Å². The highest BCUT2D eigenvalue weighted by atomic mass is 79.9. The number of benzene rings is 1. The molecule has 1 aromatic rings. The molecule has 1 fully saturated rings. The summed E-state index contributed by atoms with van der Waals surface area (Å²) in [5.74, 6) is 0. The Kier molecular flexibility index (Phi) is 4.50. The molecule has 0 aliphatic heterocycles. The Morgan fingerprint density at radius 1 is 1.32 bits per heavy atom. The molecule has 0 heterocycles. The van der Waals surface area contributed by atoms with Crippen LogP contribution >= 0.6 is 15.9 Å². The largest absolute Gasteiger partial charge is 0.398 e. The molecule has 1 aliphatic carbocycles. The van der Waals surface area contributed by atoms with E-state index < -0.39 is 22.2 Å². The summed E-state index contributed by atoms with van der Waals surface area (Å²) in [5.41, 5.74) is 6.06. The highest BCUT2D eigenvalue weighted by Crippen LogP contribution is 2.24. The van der Waals surface area contributed by atoms with Crippen LogP contribution in [0.3, 0.4) is 0 Å². The first-order valence-electron chi connectivity index (χ1n) is 6.15. The Bertz CT molecular complexity index is 562. The molecule has 0 amide bonds. The zero-order valence-corrected chi connectivity index (χ0v) is 12.7. The summed E-state index contributed by atoms with van der Waals surface area (Å²) in [7, 11) is -3.64. The molecule has 0 spiro atoms. The fraction of sp³-hybridized carbons (Fsp3) is 0.500. The molecule has 4 N–H and O–H groups in total. The summed E-state index contributed by atoms with van der Waals surface area (Å²) >= 11 is 3.22. The van der Waals surface area contributed by atoms with Crippen LogP contribution in [0.15, 0.2) is 27.6 Å². The lowest BCUT2D eigenvalue weighted by molar-refractivity contribution is 0.101. The van der Waals surface area contributed by atoms with E-state index >= 15 is 0 Å². The summed E-state index contributed by atoms with van der Waals surface area (Å²) in [6, 6.07) is 4.07. The molecule has 5 nitrogen and oxygen atoms in total. The standard InChI is InChI=1S/C12H17BrN2O3S/c13-9-6-5-8(7-10(9)14)19(17,18)15-11-3-1-2-4-12(11)16/h5-7,11-12,15-16H,1-4,14H2/t11-,12-/m0/s1. The lowest BCUT2D eigenvalue weighted by atomic mass is 9.93. The Morgan fingerprint density at radius 3 is 2.63 bits per heavy atom. The topological polar surface area (TPSA) is 92.4 Å². The average molecular weight is 349 g/mol. The van der Waals surface area contributed by atoms with Crippen molar-refractivity contribution in [1.29, 1.82) is 0 Å². The number of aliphatic hydroxyl groups excluding tert-OH is 1. The number of nitrogens with two attached hydrogens (primary N) is 1. The normalized spacial score (nSPS) is 24.3. The maximum absolute atomic E-state index is 12.2. The third-order valence-corrected chi connectivity index (χ3v) is 5.52. The van der Waals surface area contributed by atoms with Gasteiger partial charge in [-0.05, 0) is 47.0 Å². The van der Waals surface area contributed by atoms with Crippen LogP contribution < -0.4 is 10.5 Å². The molecule has 0 radical (unpaired) electrons. The number of halogens is 1. The minimum absolute atomic E-state index is 0.117. The molecular weight excluding hydrogens is 332 g/mol. The van der Waals surface area contributed by atoms with E-state index in [-0.39, 0.29) is 4.90 Å². The van der Waals surface area contributed by atoms with Gasteiger partial charge in [-0.2, -0.15) is 0 Å². The molecule has 7 heteroatoms. The maximum atomic E-state index is 12.2. The monoisotopic (exact) mass is 348 g/mol. The smallest absolute Gasteiger partial charge is 0.240 e. The van der Waals surface area contributed by atoms with Crippen LogP contribution in [0.2, 0.25) is 0 Å². The molecule has 0 saturated heterocycles. The van der Waals surface area contributed by atoms with Crippen LogP contribution in [0.5, 0.6) is 0 Å². The van der Waals surface area contributed by atoms with Gasteiger partial charge in [0.05, 0.1) is 11.0 Å². The summed E-state index contributed by atoms with van der Waals surface area (Å²) in [4.78, 5) is 0.117. The van der Waals surface area contributed by atoms with Crippen LogP contribution in [0.1, 0.15) is 25.7 Å². The van der Waals surface area contributed by atoms with Crippen LogP contribution in [-0.4, -0.2) is 25.7 Å². The van der Waals surface area contributed by atoms with E-state index in [4.69, 9.17) is 5.73 Å². The predicted octanol–water partition coefficient (Wildman–Crippen LogP) is 1.61. The second-order valence-electron chi connectivity index (χ2n) is 4.76. The van der Waals surface area contributed by atoms with Crippen molar-refractivity contribution in [2.75, 3.05) is 5.73 Å². The van der Waals surface area contributed by atoms with Gasteiger partial charge in [0.1, 0.15) is 0 Å². The van der Waals surface area contributed by atoms with Gasteiger partial charge in [-0.25, -0.2) is 13.1 Å². The molecule has 1 saturated carbocycles. The van der Waals surface area contributed by atoms with E-state index in [0.29, 0.717) is 23.0 Å². The predicted molar refractivity (Wildman–Crippen MR) is 77.1 cm³/mol. The third-order valence-electron chi connectivity index (χ3n) is 3.31. The molecule has 2 atom stereocenters. The number of nitrogens with one attached hydrogen (secondary N) is 1. The van der Waals surface area contributed by atoms with Gasteiger partial charge in [0, 0.05) is 16.2 Å². The second kappa shape index (κ2) is 5.78. The maximum Gasteiger partial charge on any atom is 0.240 e. The van der Waals surface area contributed by atoms with Gasteiger partial charge < -0.3 is 10.8 Å². The first-order valence-corrected chi connectivity index (χ1v) is 8.43. The Morgan fingerprint density at radius 2 is 2.00 bits per heavy atom. The molecular formula is C12H17BrN2O3S. The molecule has 19 heavy (non-hydrogen) atoms. The molecule has 0 aromatic heterocycles. The Balaban J connectivity index is 2.19. The number of aliphatic hydroxyl groups is 1. The van der Waals surface area contributed by atoms with Crippen molar-refractivity contribution in [2.45, 2.75) is 42.7 Å². The van der Waals surface area contributed by atoms with Crippen molar-refractivity contribution >= 4 is 31.6 Å². The van der Waals surface area contributed by atoms with Crippen molar-refractivity contribution in [3.8, 4) is 0 Å². The number of hydrogen-bond donors (Lipinski definition) is 3. The zero-order valence-electron chi connectivity index (χ0n) is 10.3. The van der Waals surface area contributed by atoms with Crippen molar-refractivity contribution in [1.82, 2.24) is 4.72 Å². The molecule has 1 aliphatic rings. The number of sulfonamides is 1.